The SMILES string of the molecule is C=C/C=C\C1=C(C)C2=C(c3ccccc3C2(c2ccccc2)c2ccccc2)c2ccccc2P1(=O)c1ccc2ccccc2c1. The van der Waals surface area contributed by atoms with Crippen LogP contribution in [0, 0.1) is 0 Å². The van der Waals surface area contributed by atoms with E-state index >= 15 is 4.57 Å². The molecule has 8 rings (SSSR count). The second kappa shape index (κ2) is 11.0. The van der Waals surface area contributed by atoms with Gasteiger partial charge in [0.05, 0.1) is 5.41 Å². The highest BCUT2D eigenvalue weighted by Gasteiger charge is 2.52. The Kier molecular flexibility index (Phi) is 6.75. The third-order valence-corrected chi connectivity index (χ3v) is 13.0. The average molecular weight is 609 g/mol. The number of fused-ring (bicyclic) bond motifs is 5. The Labute approximate surface area is 271 Å². The zero-order valence-electron chi connectivity index (χ0n) is 25.7. The molecule has 0 saturated carbocycles. The fourth-order valence-electron chi connectivity index (χ4n) is 7.87. The van der Waals surface area contributed by atoms with Crippen LogP contribution in [0.5, 0.6) is 0 Å². The van der Waals surface area contributed by atoms with E-state index in [2.05, 4.69) is 153 Å². The quantitative estimate of drug-likeness (QED) is 0.141. The van der Waals surface area contributed by atoms with Gasteiger partial charge >= 0.3 is 0 Å². The molecule has 0 fully saturated rings. The van der Waals surface area contributed by atoms with Crippen LogP contribution < -0.4 is 10.6 Å². The molecule has 0 N–H and O–H groups in total. The summed E-state index contributed by atoms with van der Waals surface area (Å²) < 4.78 is 16.4. The minimum absolute atomic E-state index is 0.628. The van der Waals surface area contributed by atoms with Gasteiger partial charge in [-0.2, -0.15) is 0 Å². The maximum absolute atomic E-state index is 16.4. The summed E-state index contributed by atoms with van der Waals surface area (Å²) in [6, 6.07) is 53.4. The first-order chi connectivity index (χ1) is 22.6. The summed E-state index contributed by atoms with van der Waals surface area (Å²) >= 11 is 0. The second-order valence-corrected chi connectivity index (χ2v) is 14.7. The standard InChI is InChI=1S/C44H33OP/c1-3-4-26-40-31(2)43-42(38-24-14-16-27-41(38)46(40,45)36-29-28-32-17-11-12-18-33(32)30-36)37-23-13-15-25-39(37)44(43,34-19-7-5-8-20-34)35-21-9-6-10-22-35/h3-30H,1H2,2H3/b26-4-. The highest BCUT2D eigenvalue weighted by Crippen LogP contribution is 2.65. The molecule has 1 nitrogen and oxygen atoms in total. The largest absolute Gasteiger partial charge is 0.309 e. The molecule has 1 aliphatic heterocycles. The third-order valence-electron chi connectivity index (χ3n) is 9.74. The molecule has 0 aromatic heterocycles. The van der Waals surface area contributed by atoms with Crippen LogP contribution in [0.15, 0.2) is 193 Å². The fraction of sp³-hybridized carbons (Fsp3) is 0.0455. The smallest absolute Gasteiger partial charge is 0.171 e. The Hall–Kier alpha value is -5.23. The Morgan fingerprint density at radius 3 is 1.91 bits per heavy atom. The molecule has 1 heterocycles. The molecule has 6 aromatic carbocycles. The van der Waals surface area contributed by atoms with Crippen molar-refractivity contribution < 1.29 is 4.57 Å². The Morgan fingerprint density at radius 2 is 1.22 bits per heavy atom. The Balaban J connectivity index is 1.59. The van der Waals surface area contributed by atoms with Crippen LogP contribution in [0.2, 0.25) is 0 Å². The van der Waals surface area contributed by atoms with Gasteiger partial charge in [-0.05, 0) is 68.3 Å². The molecule has 0 saturated heterocycles. The van der Waals surface area contributed by atoms with Crippen LogP contribution in [0.3, 0.4) is 0 Å². The summed E-state index contributed by atoms with van der Waals surface area (Å²) in [5, 5.41) is 4.75. The van der Waals surface area contributed by atoms with Gasteiger partial charge in [-0.1, -0.05) is 170 Å². The normalized spacial score (nSPS) is 18.3. The van der Waals surface area contributed by atoms with Crippen molar-refractivity contribution in [3.05, 3.63) is 221 Å². The molecule has 6 aromatic rings. The molecular weight excluding hydrogens is 575 g/mol. The number of hydrogen-bond donors (Lipinski definition) is 0. The number of rotatable bonds is 5. The minimum atomic E-state index is -3.40. The summed E-state index contributed by atoms with van der Waals surface area (Å²) in [5.74, 6) is 0. The maximum atomic E-state index is 16.4. The molecule has 0 radical (unpaired) electrons. The van der Waals surface area contributed by atoms with Crippen LogP contribution in [-0.2, 0) is 9.98 Å². The zero-order chi connectivity index (χ0) is 31.3. The van der Waals surface area contributed by atoms with Gasteiger partial charge in [-0.15, -0.1) is 0 Å². The van der Waals surface area contributed by atoms with E-state index in [1.165, 1.54) is 27.8 Å². The molecule has 220 valence electrons. The molecule has 0 amide bonds. The van der Waals surface area contributed by atoms with E-state index in [4.69, 9.17) is 0 Å². The highest BCUT2D eigenvalue weighted by atomic mass is 31.2. The van der Waals surface area contributed by atoms with Crippen molar-refractivity contribution in [2.24, 2.45) is 0 Å². The Bertz CT molecular complexity index is 2260. The van der Waals surface area contributed by atoms with Gasteiger partial charge in [0.1, 0.15) is 0 Å². The predicted octanol–water partition coefficient (Wildman–Crippen LogP) is 10.3. The van der Waals surface area contributed by atoms with E-state index in [9.17, 15) is 0 Å². The minimum Gasteiger partial charge on any atom is -0.309 e. The van der Waals surface area contributed by atoms with Gasteiger partial charge in [-0.3, -0.25) is 0 Å². The molecule has 46 heavy (non-hydrogen) atoms. The zero-order valence-corrected chi connectivity index (χ0v) is 26.6. The average Bonchev–Trinajstić information content (AvgIpc) is 3.40. The molecular formula is C44H33OP. The lowest BCUT2D eigenvalue weighted by Crippen LogP contribution is -2.30. The molecule has 2 aliphatic rings. The van der Waals surface area contributed by atoms with Crippen LogP contribution >= 0.6 is 7.14 Å². The van der Waals surface area contributed by atoms with Gasteiger partial charge in [-0.25, -0.2) is 0 Å². The van der Waals surface area contributed by atoms with E-state index in [1.807, 2.05) is 24.3 Å². The molecule has 0 spiro atoms. The summed E-state index contributed by atoms with van der Waals surface area (Å²) in [7, 11) is -3.40. The number of allylic oxidation sites excluding steroid dienone is 6. The van der Waals surface area contributed by atoms with Crippen molar-refractivity contribution in [1.29, 1.82) is 0 Å². The lowest BCUT2D eigenvalue weighted by atomic mass is 9.65. The first kappa shape index (κ1) is 28.3. The van der Waals surface area contributed by atoms with Crippen LogP contribution in [0.4, 0.5) is 0 Å². The van der Waals surface area contributed by atoms with Crippen molar-refractivity contribution in [3.8, 4) is 0 Å². The van der Waals surface area contributed by atoms with Crippen LogP contribution in [0.1, 0.15) is 34.7 Å². The Morgan fingerprint density at radius 1 is 0.630 bits per heavy atom. The molecule has 1 aliphatic carbocycles. The first-order valence-electron chi connectivity index (χ1n) is 15.8. The summed E-state index contributed by atoms with van der Waals surface area (Å²) in [5.41, 5.74) is 8.55. The van der Waals surface area contributed by atoms with Crippen molar-refractivity contribution in [2.75, 3.05) is 0 Å². The van der Waals surface area contributed by atoms with Crippen LogP contribution in [-0.4, -0.2) is 0 Å². The second-order valence-electron chi connectivity index (χ2n) is 12.0. The molecule has 2 heteroatoms. The van der Waals surface area contributed by atoms with Crippen molar-refractivity contribution >= 4 is 34.1 Å². The van der Waals surface area contributed by atoms with Crippen molar-refractivity contribution in [1.82, 2.24) is 0 Å². The van der Waals surface area contributed by atoms with E-state index in [0.717, 1.165) is 43.4 Å². The lowest BCUT2D eigenvalue weighted by molar-refractivity contribution is 0.591. The van der Waals surface area contributed by atoms with Crippen LogP contribution in [0.25, 0.3) is 16.3 Å². The topological polar surface area (TPSA) is 17.1 Å². The summed E-state index contributed by atoms with van der Waals surface area (Å²) in [4.78, 5) is 0. The predicted molar refractivity (Wildman–Crippen MR) is 195 cm³/mol. The molecule has 1 atom stereocenters. The van der Waals surface area contributed by atoms with E-state index in [1.54, 1.807) is 6.08 Å². The van der Waals surface area contributed by atoms with Gasteiger partial charge in [0.15, 0.2) is 7.14 Å². The monoisotopic (exact) mass is 608 g/mol. The summed E-state index contributed by atoms with van der Waals surface area (Å²) in [6.07, 6.45) is 5.77. The lowest BCUT2D eigenvalue weighted by Gasteiger charge is -2.37. The summed E-state index contributed by atoms with van der Waals surface area (Å²) in [6.45, 7) is 6.20. The van der Waals surface area contributed by atoms with E-state index in [0.29, 0.717) is 0 Å². The van der Waals surface area contributed by atoms with Gasteiger partial charge in [0.25, 0.3) is 0 Å². The van der Waals surface area contributed by atoms with Crippen molar-refractivity contribution in [2.45, 2.75) is 12.3 Å². The van der Waals surface area contributed by atoms with Gasteiger partial charge in [0.2, 0.25) is 0 Å². The van der Waals surface area contributed by atoms with Crippen molar-refractivity contribution in [3.63, 3.8) is 0 Å². The molecule has 1 unspecified atom stereocenters. The van der Waals surface area contributed by atoms with E-state index < -0.39 is 12.6 Å². The third kappa shape index (κ3) is 3.92. The first-order valence-corrected chi connectivity index (χ1v) is 17.5. The fourth-order valence-corrected chi connectivity index (χ4v) is 11.0. The number of benzene rings is 6. The van der Waals surface area contributed by atoms with E-state index in [-0.39, 0.29) is 0 Å². The van der Waals surface area contributed by atoms with Gasteiger partial charge < -0.3 is 4.57 Å². The maximum Gasteiger partial charge on any atom is 0.171 e. The molecule has 0 bridgehead atoms. The number of hydrogen-bond acceptors (Lipinski definition) is 1. The highest BCUT2D eigenvalue weighted by molar-refractivity contribution is 7.82. The van der Waals surface area contributed by atoms with Gasteiger partial charge in [0, 0.05) is 15.9 Å².